The van der Waals surface area contributed by atoms with Gasteiger partial charge in [0.25, 0.3) is 5.91 Å². The molecule has 0 saturated carbocycles. The Balaban J connectivity index is 1.77. The van der Waals surface area contributed by atoms with E-state index in [1.54, 1.807) is 0 Å². The highest BCUT2D eigenvalue weighted by Crippen LogP contribution is 2.37. The molecule has 1 amide bonds. The van der Waals surface area contributed by atoms with Crippen LogP contribution in [-0.2, 0) is 6.18 Å². The number of halogens is 5. The number of nitrogens with one attached hydrogen (secondary N) is 1. The summed E-state index contributed by atoms with van der Waals surface area (Å²) in [6.07, 6.45) is -3.55. The molecule has 0 unspecified atom stereocenters. The molecular formula is C23H16F5N5O2. The number of carbonyl (C=O) groups excluding carboxylic acids is 1. The van der Waals surface area contributed by atoms with Crippen molar-refractivity contribution in [2.24, 2.45) is 0 Å². The van der Waals surface area contributed by atoms with E-state index in [0.29, 0.717) is 5.69 Å². The predicted molar refractivity (Wildman–Crippen MR) is 115 cm³/mol. The summed E-state index contributed by atoms with van der Waals surface area (Å²) < 4.78 is 69.9. The SMILES string of the molecule is C[C@@H](O)c1cc(NC(=O)c2cc(-c3ncccn3)c(C(F)(F)F)cc2F)n(-c2ccc(F)cc2)n1. The van der Waals surface area contributed by atoms with Crippen LogP contribution in [0.4, 0.5) is 27.8 Å². The van der Waals surface area contributed by atoms with Gasteiger partial charge in [0, 0.05) is 24.0 Å². The average Bonchev–Trinajstić information content (AvgIpc) is 3.23. The molecule has 2 aromatic carbocycles. The van der Waals surface area contributed by atoms with E-state index in [0.717, 1.165) is 18.2 Å². The monoisotopic (exact) mass is 489 g/mol. The molecule has 2 aromatic heterocycles. The number of alkyl halides is 3. The Morgan fingerprint density at radius 3 is 2.31 bits per heavy atom. The second kappa shape index (κ2) is 9.22. The summed E-state index contributed by atoms with van der Waals surface area (Å²) in [5.41, 5.74) is -2.19. The third-order valence-electron chi connectivity index (χ3n) is 4.93. The largest absolute Gasteiger partial charge is 0.417 e. The number of rotatable bonds is 5. The van der Waals surface area contributed by atoms with Gasteiger partial charge in [-0.3, -0.25) is 4.79 Å². The molecule has 2 N–H and O–H groups in total. The minimum atomic E-state index is -4.93. The van der Waals surface area contributed by atoms with E-state index in [9.17, 15) is 31.9 Å². The number of carbonyl (C=O) groups is 1. The summed E-state index contributed by atoms with van der Waals surface area (Å²) in [6.45, 7) is 1.42. The molecule has 7 nitrogen and oxygen atoms in total. The van der Waals surface area contributed by atoms with Gasteiger partial charge in [-0.1, -0.05) is 0 Å². The zero-order valence-corrected chi connectivity index (χ0v) is 17.9. The van der Waals surface area contributed by atoms with E-state index in [1.165, 1.54) is 48.3 Å². The zero-order chi connectivity index (χ0) is 25.3. The first-order valence-corrected chi connectivity index (χ1v) is 10.1. The van der Waals surface area contributed by atoms with Crippen LogP contribution < -0.4 is 5.32 Å². The van der Waals surface area contributed by atoms with E-state index in [4.69, 9.17) is 0 Å². The van der Waals surface area contributed by atoms with Crippen molar-refractivity contribution in [3.05, 3.63) is 89.4 Å². The fourth-order valence-corrected chi connectivity index (χ4v) is 3.26. The molecule has 0 saturated heterocycles. The first kappa shape index (κ1) is 24.0. The Morgan fingerprint density at radius 1 is 1.06 bits per heavy atom. The van der Waals surface area contributed by atoms with Crippen molar-refractivity contribution >= 4 is 11.7 Å². The average molecular weight is 489 g/mol. The van der Waals surface area contributed by atoms with Crippen LogP contribution in [0.5, 0.6) is 0 Å². The number of anilines is 1. The number of aliphatic hydroxyl groups excluding tert-OH is 1. The molecule has 0 bridgehead atoms. The normalized spacial score (nSPS) is 12.4. The quantitative estimate of drug-likeness (QED) is 0.388. The first-order chi connectivity index (χ1) is 16.5. The summed E-state index contributed by atoms with van der Waals surface area (Å²) >= 11 is 0. The van der Waals surface area contributed by atoms with Gasteiger partial charge in [0.15, 0.2) is 5.82 Å². The summed E-state index contributed by atoms with van der Waals surface area (Å²) in [6, 6.07) is 8.62. The first-order valence-electron chi connectivity index (χ1n) is 10.1. The van der Waals surface area contributed by atoms with E-state index in [1.807, 2.05) is 0 Å². The molecule has 0 spiro atoms. The molecule has 0 radical (unpaired) electrons. The van der Waals surface area contributed by atoms with Crippen LogP contribution in [0, 0.1) is 11.6 Å². The van der Waals surface area contributed by atoms with Crippen LogP contribution in [-0.4, -0.2) is 30.8 Å². The van der Waals surface area contributed by atoms with E-state index in [-0.39, 0.29) is 23.4 Å². The fourth-order valence-electron chi connectivity index (χ4n) is 3.26. The molecule has 0 aliphatic rings. The van der Waals surface area contributed by atoms with Gasteiger partial charge >= 0.3 is 6.18 Å². The van der Waals surface area contributed by atoms with Gasteiger partial charge in [0.2, 0.25) is 0 Å². The lowest BCUT2D eigenvalue weighted by molar-refractivity contribution is -0.137. The van der Waals surface area contributed by atoms with Crippen LogP contribution in [0.1, 0.15) is 34.6 Å². The fraction of sp³-hybridized carbons (Fsp3) is 0.130. The standard InChI is InChI=1S/C23H16F5N5O2/c1-12(34)19-11-20(33(32-19)14-5-3-13(24)4-6-14)31-22(35)16-9-15(21-29-7-2-8-30-21)17(10-18(16)25)23(26,27)28/h2-12,34H,1H3,(H,31,35)/t12-/m1/s1. The topological polar surface area (TPSA) is 92.9 Å². The molecule has 4 rings (SSSR count). The van der Waals surface area contributed by atoms with Gasteiger partial charge < -0.3 is 10.4 Å². The maximum Gasteiger partial charge on any atom is 0.417 e. The van der Waals surface area contributed by atoms with Gasteiger partial charge in [-0.25, -0.2) is 23.4 Å². The van der Waals surface area contributed by atoms with E-state index < -0.39 is 46.5 Å². The van der Waals surface area contributed by atoms with Crippen LogP contribution in [0.25, 0.3) is 17.1 Å². The molecule has 4 aromatic rings. The predicted octanol–water partition coefficient (Wildman–Crippen LogP) is 4.93. The molecule has 1 atom stereocenters. The molecule has 12 heteroatoms. The van der Waals surface area contributed by atoms with Gasteiger partial charge in [-0.2, -0.15) is 18.3 Å². The van der Waals surface area contributed by atoms with Gasteiger partial charge in [0.05, 0.1) is 28.6 Å². The maximum atomic E-state index is 14.7. The van der Waals surface area contributed by atoms with Crippen molar-refractivity contribution in [1.82, 2.24) is 19.7 Å². The summed E-state index contributed by atoms with van der Waals surface area (Å²) in [7, 11) is 0. The molecule has 2 heterocycles. The number of amides is 1. The Morgan fingerprint density at radius 2 is 1.71 bits per heavy atom. The molecule has 0 aliphatic heterocycles. The van der Waals surface area contributed by atoms with Gasteiger partial charge in [0.1, 0.15) is 17.5 Å². The number of benzene rings is 2. The number of nitrogens with zero attached hydrogens (tertiary/aromatic N) is 4. The smallest absolute Gasteiger partial charge is 0.387 e. The van der Waals surface area contributed by atoms with Crippen molar-refractivity contribution in [1.29, 1.82) is 0 Å². The number of hydrogen-bond donors (Lipinski definition) is 2. The second-order valence-electron chi connectivity index (χ2n) is 7.42. The summed E-state index contributed by atoms with van der Waals surface area (Å²) in [5.74, 6) is -3.41. The lowest BCUT2D eigenvalue weighted by atomic mass is 10.0. The third-order valence-corrected chi connectivity index (χ3v) is 4.93. The molecular weight excluding hydrogens is 473 g/mol. The zero-order valence-electron chi connectivity index (χ0n) is 17.9. The second-order valence-corrected chi connectivity index (χ2v) is 7.42. The van der Waals surface area contributed by atoms with Crippen molar-refractivity contribution in [3.8, 4) is 17.1 Å². The Kier molecular flexibility index (Phi) is 6.31. The Hall–Kier alpha value is -4.19. The van der Waals surface area contributed by atoms with Crippen molar-refractivity contribution in [2.75, 3.05) is 5.32 Å². The number of hydrogen-bond acceptors (Lipinski definition) is 5. The number of aromatic nitrogens is 4. The van der Waals surface area contributed by atoms with E-state index in [2.05, 4.69) is 20.4 Å². The van der Waals surface area contributed by atoms with Crippen LogP contribution >= 0.6 is 0 Å². The van der Waals surface area contributed by atoms with Crippen LogP contribution in [0.15, 0.2) is 60.9 Å². The lowest BCUT2D eigenvalue weighted by Crippen LogP contribution is -2.18. The Labute approximate surface area is 194 Å². The van der Waals surface area contributed by atoms with Crippen molar-refractivity contribution in [2.45, 2.75) is 19.2 Å². The van der Waals surface area contributed by atoms with Gasteiger partial charge in [-0.15, -0.1) is 0 Å². The van der Waals surface area contributed by atoms with Crippen molar-refractivity contribution < 1.29 is 31.9 Å². The highest BCUT2D eigenvalue weighted by atomic mass is 19.4. The summed E-state index contributed by atoms with van der Waals surface area (Å²) in [5, 5.41) is 16.4. The molecule has 0 fully saturated rings. The number of aliphatic hydroxyl groups is 1. The highest BCUT2D eigenvalue weighted by Gasteiger charge is 2.36. The Bertz CT molecular complexity index is 1370. The van der Waals surface area contributed by atoms with Crippen LogP contribution in [0.2, 0.25) is 0 Å². The molecule has 180 valence electrons. The van der Waals surface area contributed by atoms with Crippen LogP contribution in [0.3, 0.4) is 0 Å². The molecule has 35 heavy (non-hydrogen) atoms. The van der Waals surface area contributed by atoms with E-state index >= 15 is 0 Å². The maximum absolute atomic E-state index is 14.7. The lowest BCUT2D eigenvalue weighted by Gasteiger charge is -2.15. The van der Waals surface area contributed by atoms with Gasteiger partial charge in [-0.05, 0) is 49.4 Å². The third kappa shape index (κ3) is 5.01. The highest BCUT2D eigenvalue weighted by molar-refractivity contribution is 6.05. The minimum Gasteiger partial charge on any atom is -0.387 e. The summed E-state index contributed by atoms with van der Waals surface area (Å²) in [4.78, 5) is 20.5. The van der Waals surface area contributed by atoms with Crippen molar-refractivity contribution in [3.63, 3.8) is 0 Å². The minimum absolute atomic E-state index is 0.0330. The molecule has 0 aliphatic carbocycles.